The molecule has 1 amide bonds. The topological polar surface area (TPSA) is 64.2 Å². The van der Waals surface area contributed by atoms with E-state index in [-0.39, 0.29) is 5.91 Å². The predicted octanol–water partition coefficient (Wildman–Crippen LogP) is 5.04. The Balaban J connectivity index is 1.32. The molecule has 0 aliphatic heterocycles. The highest BCUT2D eigenvalue weighted by Crippen LogP contribution is 2.23. The molecule has 0 saturated carbocycles. The average Bonchev–Trinajstić information content (AvgIpc) is 3.42. The van der Waals surface area contributed by atoms with Crippen molar-refractivity contribution in [3.63, 3.8) is 0 Å². The number of aromatic nitrogens is 4. The zero-order valence-electron chi connectivity index (χ0n) is 15.0. The molecule has 0 saturated heterocycles. The molecule has 5 rings (SSSR count). The molecule has 0 spiro atoms. The maximum absolute atomic E-state index is 12.3. The van der Waals surface area contributed by atoms with Gasteiger partial charge in [0.25, 0.3) is 0 Å². The number of amides is 1. The van der Waals surface area contributed by atoms with Crippen molar-refractivity contribution < 1.29 is 4.79 Å². The van der Waals surface area contributed by atoms with Crippen molar-refractivity contribution in [1.82, 2.24) is 18.9 Å². The fourth-order valence-corrected chi connectivity index (χ4v) is 4.14. The van der Waals surface area contributed by atoms with Gasteiger partial charge in [0.2, 0.25) is 5.91 Å². The summed E-state index contributed by atoms with van der Waals surface area (Å²) in [7, 11) is 0. The number of nitrogens with zero attached hydrogens (tertiary/aromatic N) is 4. The molecule has 3 heterocycles. The fraction of sp³-hybridized carbons (Fsp3) is 0. The van der Waals surface area contributed by atoms with E-state index < -0.39 is 0 Å². The number of imidazole rings is 2. The summed E-state index contributed by atoms with van der Waals surface area (Å²) in [6.45, 7) is 0. The van der Waals surface area contributed by atoms with Crippen molar-refractivity contribution in [2.45, 2.75) is 0 Å². The number of para-hydroxylation sites is 2. The van der Waals surface area contributed by atoms with Crippen LogP contribution in [0.15, 0.2) is 72.5 Å². The monoisotopic (exact) mass is 419 g/mol. The first kappa shape index (κ1) is 17.7. The SMILES string of the molecule is O=C(/C=C/c1c(Cl)nc2sccn12)Nc1ccc(-n2cnc3ccccc32)cc1. The molecule has 0 atom stereocenters. The molecule has 5 aromatic rings. The van der Waals surface area contributed by atoms with E-state index in [9.17, 15) is 4.79 Å². The summed E-state index contributed by atoms with van der Waals surface area (Å²) in [6.07, 6.45) is 6.77. The Kier molecular flexibility index (Phi) is 4.38. The summed E-state index contributed by atoms with van der Waals surface area (Å²) in [6, 6.07) is 15.5. The number of hydrogen-bond acceptors (Lipinski definition) is 4. The van der Waals surface area contributed by atoms with Crippen LogP contribution in [0.25, 0.3) is 27.8 Å². The number of benzene rings is 2. The van der Waals surface area contributed by atoms with Crippen LogP contribution >= 0.6 is 22.9 Å². The number of carbonyl (C=O) groups is 1. The lowest BCUT2D eigenvalue weighted by Gasteiger charge is -2.06. The van der Waals surface area contributed by atoms with Crippen molar-refractivity contribution in [3.05, 3.63) is 83.4 Å². The zero-order chi connectivity index (χ0) is 19.8. The normalized spacial score (nSPS) is 11.6. The second kappa shape index (κ2) is 7.20. The fourth-order valence-electron chi connectivity index (χ4n) is 3.13. The Morgan fingerprint density at radius 3 is 2.83 bits per heavy atom. The minimum atomic E-state index is -0.243. The van der Waals surface area contributed by atoms with Gasteiger partial charge in [0.1, 0.15) is 6.33 Å². The van der Waals surface area contributed by atoms with Gasteiger partial charge >= 0.3 is 0 Å². The van der Waals surface area contributed by atoms with Crippen LogP contribution in [0.1, 0.15) is 5.69 Å². The van der Waals surface area contributed by atoms with E-state index in [0.717, 1.165) is 21.7 Å². The number of carbonyl (C=O) groups excluding carboxylic acids is 1. The Morgan fingerprint density at radius 2 is 1.97 bits per heavy atom. The van der Waals surface area contributed by atoms with Gasteiger partial charge in [-0.15, -0.1) is 11.3 Å². The Morgan fingerprint density at radius 1 is 1.14 bits per heavy atom. The number of anilines is 1. The molecule has 1 N–H and O–H groups in total. The number of hydrogen-bond donors (Lipinski definition) is 1. The van der Waals surface area contributed by atoms with E-state index in [0.29, 0.717) is 16.5 Å². The lowest BCUT2D eigenvalue weighted by Crippen LogP contribution is -2.07. The summed E-state index contributed by atoms with van der Waals surface area (Å²) in [5.41, 5.74) is 4.32. The Bertz CT molecular complexity index is 1360. The number of nitrogens with one attached hydrogen (secondary N) is 1. The van der Waals surface area contributed by atoms with Crippen LogP contribution < -0.4 is 5.32 Å². The van der Waals surface area contributed by atoms with E-state index in [1.165, 1.54) is 17.4 Å². The largest absolute Gasteiger partial charge is 0.323 e. The second-order valence-electron chi connectivity index (χ2n) is 6.32. The van der Waals surface area contributed by atoms with Gasteiger partial charge in [0, 0.05) is 29.0 Å². The lowest BCUT2D eigenvalue weighted by atomic mass is 10.2. The first-order valence-electron chi connectivity index (χ1n) is 8.82. The van der Waals surface area contributed by atoms with Crippen molar-refractivity contribution in [2.75, 3.05) is 5.32 Å². The van der Waals surface area contributed by atoms with Crippen molar-refractivity contribution in [3.8, 4) is 5.69 Å². The third-order valence-corrected chi connectivity index (χ3v) is 5.55. The number of rotatable bonds is 4. The summed E-state index contributed by atoms with van der Waals surface area (Å²) in [5, 5.41) is 5.15. The van der Waals surface area contributed by atoms with Gasteiger partial charge in [0.05, 0.1) is 16.7 Å². The molecule has 3 aromatic heterocycles. The first-order chi connectivity index (χ1) is 14.2. The zero-order valence-corrected chi connectivity index (χ0v) is 16.6. The molecule has 0 aliphatic rings. The third-order valence-electron chi connectivity index (χ3n) is 4.51. The molecule has 0 fully saturated rings. The Hall–Kier alpha value is -3.42. The van der Waals surface area contributed by atoms with Gasteiger partial charge in [-0.1, -0.05) is 23.7 Å². The molecule has 142 valence electrons. The standard InChI is InChI=1S/C21H14ClN5OS/c22-20-18(26-11-12-29-21(26)25-20)9-10-19(28)24-14-5-7-15(8-6-14)27-13-23-16-3-1-2-4-17(16)27/h1-13H,(H,24,28)/b10-9+. The molecule has 6 nitrogen and oxygen atoms in total. The second-order valence-corrected chi connectivity index (χ2v) is 7.55. The molecule has 0 unspecified atom stereocenters. The van der Waals surface area contributed by atoms with Crippen LogP contribution in [-0.4, -0.2) is 24.8 Å². The molecular weight excluding hydrogens is 406 g/mol. The highest BCUT2D eigenvalue weighted by molar-refractivity contribution is 7.15. The first-order valence-corrected chi connectivity index (χ1v) is 10.1. The summed E-state index contributed by atoms with van der Waals surface area (Å²) in [5.74, 6) is -0.243. The number of fused-ring (bicyclic) bond motifs is 2. The van der Waals surface area contributed by atoms with Crippen LogP contribution in [0, 0.1) is 0 Å². The van der Waals surface area contributed by atoms with E-state index in [2.05, 4.69) is 15.3 Å². The van der Waals surface area contributed by atoms with Crippen LogP contribution in [0.5, 0.6) is 0 Å². The quantitative estimate of drug-likeness (QED) is 0.415. The minimum absolute atomic E-state index is 0.243. The molecule has 0 aliphatic carbocycles. The maximum atomic E-state index is 12.3. The molecule has 0 bridgehead atoms. The molecule has 0 radical (unpaired) electrons. The molecule has 2 aromatic carbocycles. The smallest absolute Gasteiger partial charge is 0.248 e. The Labute approximate surface area is 174 Å². The van der Waals surface area contributed by atoms with Gasteiger partial charge in [-0.05, 0) is 42.5 Å². The van der Waals surface area contributed by atoms with Crippen LogP contribution in [-0.2, 0) is 4.79 Å². The summed E-state index contributed by atoms with van der Waals surface area (Å²) >= 11 is 7.63. The van der Waals surface area contributed by atoms with Gasteiger partial charge in [-0.3, -0.25) is 13.8 Å². The molecule has 29 heavy (non-hydrogen) atoms. The third kappa shape index (κ3) is 3.30. The summed E-state index contributed by atoms with van der Waals surface area (Å²) in [4.78, 5) is 21.7. The van der Waals surface area contributed by atoms with Crippen LogP contribution in [0.3, 0.4) is 0 Å². The molecule has 8 heteroatoms. The summed E-state index contributed by atoms with van der Waals surface area (Å²) < 4.78 is 3.86. The van der Waals surface area contributed by atoms with Gasteiger partial charge in [0.15, 0.2) is 10.1 Å². The average molecular weight is 420 g/mol. The van der Waals surface area contributed by atoms with Crippen molar-refractivity contribution in [1.29, 1.82) is 0 Å². The lowest BCUT2D eigenvalue weighted by molar-refractivity contribution is -0.111. The van der Waals surface area contributed by atoms with Crippen LogP contribution in [0.2, 0.25) is 5.15 Å². The maximum Gasteiger partial charge on any atom is 0.248 e. The van der Waals surface area contributed by atoms with E-state index in [4.69, 9.17) is 11.6 Å². The van der Waals surface area contributed by atoms with E-state index in [1.54, 1.807) is 12.4 Å². The number of halogens is 1. The highest BCUT2D eigenvalue weighted by Gasteiger charge is 2.09. The predicted molar refractivity (Wildman–Crippen MR) is 117 cm³/mol. The van der Waals surface area contributed by atoms with E-state index in [1.807, 2.05) is 69.1 Å². The van der Waals surface area contributed by atoms with E-state index >= 15 is 0 Å². The van der Waals surface area contributed by atoms with Crippen LogP contribution in [0.4, 0.5) is 5.69 Å². The van der Waals surface area contributed by atoms with Gasteiger partial charge < -0.3 is 5.32 Å². The van der Waals surface area contributed by atoms with Gasteiger partial charge in [-0.2, -0.15) is 0 Å². The van der Waals surface area contributed by atoms with Crippen molar-refractivity contribution in [2.24, 2.45) is 0 Å². The minimum Gasteiger partial charge on any atom is -0.323 e. The highest BCUT2D eigenvalue weighted by atomic mass is 35.5. The van der Waals surface area contributed by atoms with Gasteiger partial charge in [-0.25, -0.2) is 9.97 Å². The number of thiazole rings is 1. The van der Waals surface area contributed by atoms with Crippen molar-refractivity contribution >= 4 is 56.6 Å². The molecular formula is C21H14ClN5OS.